The van der Waals surface area contributed by atoms with E-state index in [1.165, 1.54) is 0 Å². The fourth-order valence-electron chi connectivity index (χ4n) is 0.684. The van der Waals surface area contributed by atoms with Gasteiger partial charge in [0.05, 0.1) is 5.97 Å². The van der Waals surface area contributed by atoms with E-state index in [9.17, 15) is 29.7 Å². The fourth-order valence-corrected chi connectivity index (χ4v) is 0.684. The summed E-state index contributed by atoms with van der Waals surface area (Å²) < 4.78 is 0. The summed E-state index contributed by atoms with van der Waals surface area (Å²) in [6.45, 7) is 0. The Bertz CT molecular complexity index is 234. The van der Waals surface area contributed by atoms with Gasteiger partial charge in [0.25, 0.3) is 0 Å². The van der Waals surface area contributed by atoms with Crippen molar-refractivity contribution >= 4 is 17.9 Å². The van der Waals surface area contributed by atoms with Crippen molar-refractivity contribution in [3.63, 3.8) is 0 Å². The predicted molar refractivity (Wildman–Crippen MR) is 36.4 cm³/mol. The molecule has 10 heteroatoms. The minimum absolute atomic E-state index is 0. The van der Waals surface area contributed by atoms with Gasteiger partial charge in [-0.15, -0.1) is 0 Å². The topological polar surface area (TPSA) is 204 Å². The van der Waals surface area contributed by atoms with Crippen molar-refractivity contribution in [3.8, 4) is 0 Å². The van der Waals surface area contributed by atoms with Crippen LogP contribution in [0.3, 0.4) is 0 Å². The molecule has 90 valence electrons. The molecule has 0 bridgehead atoms. The summed E-state index contributed by atoms with van der Waals surface area (Å²) in [6, 6.07) is 0. The van der Waals surface area contributed by atoms with Crippen molar-refractivity contribution in [1.29, 1.82) is 0 Å². The van der Waals surface area contributed by atoms with Crippen molar-refractivity contribution in [2.75, 3.05) is 0 Å². The SMILES string of the molecule is O.O.O=C([O-])CC(O)(CC(=O)[O-])C(=O)[O-].[K+]. The zero-order valence-electron chi connectivity index (χ0n) is 8.31. The van der Waals surface area contributed by atoms with Gasteiger partial charge in [0.1, 0.15) is 5.60 Å². The van der Waals surface area contributed by atoms with Gasteiger partial charge >= 0.3 is 51.4 Å². The van der Waals surface area contributed by atoms with Gasteiger partial charge in [-0.05, 0) is 0 Å². The number of aliphatic carboxylic acids is 3. The van der Waals surface area contributed by atoms with Crippen LogP contribution >= 0.6 is 0 Å². The Morgan fingerprint density at radius 3 is 1.31 bits per heavy atom. The Hall–Kier alpha value is -0.0736. The Morgan fingerprint density at radius 2 is 1.19 bits per heavy atom. The van der Waals surface area contributed by atoms with E-state index in [1.807, 2.05) is 0 Å². The monoisotopic (exact) mass is 264 g/mol. The minimum Gasteiger partial charge on any atom is -0.550 e. The molecule has 0 aliphatic carbocycles. The summed E-state index contributed by atoms with van der Waals surface area (Å²) in [7, 11) is 0. The standard InChI is InChI=1S/C6H8O7.K.2H2O/c7-3(8)1-6(13,5(11)12)2-4(9)10;;;/h13H,1-2H2,(H,7,8)(H,9,10)(H,11,12);;2*1H2/q;+1;;/p-3. The molecule has 0 fully saturated rings. The first kappa shape index (κ1) is 24.9. The van der Waals surface area contributed by atoms with Crippen molar-refractivity contribution in [3.05, 3.63) is 0 Å². The number of hydrogen-bond acceptors (Lipinski definition) is 7. The third kappa shape index (κ3) is 9.17. The van der Waals surface area contributed by atoms with Crippen LogP contribution in [0.1, 0.15) is 12.8 Å². The van der Waals surface area contributed by atoms with Crippen LogP contribution in [0.15, 0.2) is 0 Å². The molecule has 0 aromatic heterocycles. The fraction of sp³-hybridized carbons (Fsp3) is 0.500. The molecule has 0 atom stereocenters. The number of rotatable bonds is 5. The van der Waals surface area contributed by atoms with Crippen LogP contribution in [0, 0.1) is 0 Å². The Kier molecular flexibility index (Phi) is 15.8. The van der Waals surface area contributed by atoms with Crippen LogP contribution in [-0.2, 0) is 14.4 Å². The molecule has 0 aliphatic rings. The quantitative estimate of drug-likeness (QED) is 0.474. The van der Waals surface area contributed by atoms with E-state index in [4.69, 9.17) is 5.11 Å². The van der Waals surface area contributed by atoms with Crippen molar-refractivity contribution in [1.82, 2.24) is 0 Å². The molecule has 0 rings (SSSR count). The molecule has 5 N–H and O–H groups in total. The van der Waals surface area contributed by atoms with E-state index in [-0.39, 0.29) is 62.3 Å². The molecule has 0 aliphatic heterocycles. The summed E-state index contributed by atoms with van der Waals surface area (Å²) in [5, 5.41) is 38.9. The van der Waals surface area contributed by atoms with Crippen molar-refractivity contribution in [2.24, 2.45) is 0 Å². The molecule has 0 heterocycles. The van der Waals surface area contributed by atoms with Crippen LogP contribution in [0.4, 0.5) is 0 Å². The smallest absolute Gasteiger partial charge is 0.550 e. The largest absolute Gasteiger partial charge is 1.00 e. The molecule has 0 aromatic rings. The second-order valence-electron chi connectivity index (χ2n) is 2.42. The molecule has 0 amide bonds. The zero-order chi connectivity index (χ0) is 10.6. The van der Waals surface area contributed by atoms with Crippen LogP contribution in [0.25, 0.3) is 0 Å². The van der Waals surface area contributed by atoms with Gasteiger partial charge in [-0.3, -0.25) is 0 Å². The number of carboxylic acid groups (broad SMARTS) is 3. The average molecular weight is 264 g/mol. The molecule has 0 unspecified atom stereocenters. The molecule has 0 saturated heterocycles. The number of aliphatic hydroxyl groups is 1. The van der Waals surface area contributed by atoms with Crippen LogP contribution in [0.2, 0.25) is 0 Å². The van der Waals surface area contributed by atoms with Gasteiger partial charge in [-0.25, -0.2) is 0 Å². The molecular formula is C6H9KO9-2. The first-order valence-electron chi connectivity index (χ1n) is 3.11. The van der Waals surface area contributed by atoms with Gasteiger partial charge in [-0.1, -0.05) is 0 Å². The van der Waals surface area contributed by atoms with Gasteiger partial charge < -0.3 is 45.8 Å². The Balaban J connectivity index is -0.000000240. The second kappa shape index (κ2) is 10.1. The van der Waals surface area contributed by atoms with E-state index in [1.54, 1.807) is 0 Å². The van der Waals surface area contributed by atoms with E-state index in [0.29, 0.717) is 0 Å². The maximum atomic E-state index is 10.1. The first-order valence-corrected chi connectivity index (χ1v) is 3.11. The number of carbonyl (C=O) groups is 3. The molecule has 9 nitrogen and oxygen atoms in total. The van der Waals surface area contributed by atoms with E-state index in [2.05, 4.69) is 0 Å². The van der Waals surface area contributed by atoms with Crippen molar-refractivity contribution in [2.45, 2.75) is 18.4 Å². The van der Waals surface area contributed by atoms with E-state index in [0.717, 1.165) is 0 Å². The molecule has 0 radical (unpaired) electrons. The van der Waals surface area contributed by atoms with Gasteiger partial charge in [0.2, 0.25) is 0 Å². The van der Waals surface area contributed by atoms with Crippen LogP contribution in [0.5, 0.6) is 0 Å². The zero-order valence-corrected chi connectivity index (χ0v) is 11.4. The van der Waals surface area contributed by atoms with Gasteiger partial charge in [0, 0.05) is 24.8 Å². The number of carbonyl (C=O) groups excluding carboxylic acids is 3. The maximum absolute atomic E-state index is 10.1. The Labute approximate surface area is 132 Å². The summed E-state index contributed by atoms with van der Waals surface area (Å²) in [5.74, 6) is -5.98. The predicted octanol–water partition coefficient (Wildman–Crippen LogP) is -9.90. The summed E-state index contributed by atoms with van der Waals surface area (Å²) in [6.07, 6.45) is -2.72. The summed E-state index contributed by atoms with van der Waals surface area (Å²) in [5.41, 5.74) is -2.97. The van der Waals surface area contributed by atoms with Crippen molar-refractivity contribution < 1.29 is 97.1 Å². The van der Waals surface area contributed by atoms with Crippen LogP contribution < -0.4 is 66.7 Å². The maximum Gasteiger partial charge on any atom is 1.00 e. The normalized spacial score (nSPS) is 8.81. The summed E-state index contributed by atoms with van der Waals surface area (Å²) in [4.78, 5) is 30.0. The first-order chi connectivity index (χ1) is 5.78. The minimum atomic E-state index is -2.97. The Morgan fingerprint density at radius 1 is 0.938 bits per heavy atom. The molecule has 0 aromatic carbocycles. The van der Waals surface area contributed by atoms with E-state index < -0.39 is 36.4 Å². The average Bonchev–Trinajstić information content (AvgIpc) is 1.82. The van der Waals surface area contributed by atoms with Gasteiger partial charge in [0.15, 0.2) is 0 Å². The molecule has 0 saturated carbocycles. The van der Waals surface area contributed by atoms with Gasteiger partial charge in [-0.2, -0.15) is 0 Å². The third-order valence-corrected chi connectivity index (χ3v) is 1.25. The molecule has 16 heavy (non-hydrogen) atoms. The van der Waals surface area contributed by atoms with E-state index >= 15 is 0 Å². The third-order valence-electron chi connectivity index (χ3n) is 1.25. The molecule has 0 spiro atoms. The summed E-state index contributed by atoms with van der Waals surface area (Å²) >= 11 is 0. The van der Waals surface area contributed by atoms with Crippen LogP contribution in [-0.4, -0.2) is 39.6 Å². The molecular weight excluding hydrogens is 255 g/mol. The second-order valence-corrected chi connectivity index (χ2v) is 2.42. The number of hydrogen-bond donors (Lipinski definition) is 1. The number of carboxylic acids is 3.